The van der Waals surface area contributed by atoms with Gasteiger partial charge in [0, 0.05) is 0 Å². The van der Waals surface area contributed by atoms with Crippen LogP contribution in [-0.2, 0) is 19.1 Å². The van der Waals surface area contributed by atoms with Crippen molar-refractivity contribution in [3.05, 3.63) is 0 Å². The molecule has 116 valence electrons. The van der Waals surface area contributed by atoms with Gasteiger partial charge in [-0.05, 0) is 26.2 Å². The normalized spacial score (nSPS) is 13.9. The average molecular weight is 288 g/mol. The Bertz CT molecular complexity index is 355. The lowest BCUT2D eigenvalue weighted by molar-refractivity contribution is -0.152. The van der Waals surface area contributed by atoms with Crippen molar-refractivity contribution in [2.45, 2.75) is 58.7 Å². The van der Waals surface area contributed by atoms with Gasteiger partial charge in [-0.2, -0.15) is 0 Å². The van der Waals surface area contributed by atoms with E-state index in [4.69, 9.17) is 15.6 Å². The number of carboxylic acids is 1. The van der Waals surface area contributed by atoms with E-state index in [1.807, 2.05) is 13.8 Å². The van der Waals surface area contributed by atoms with E-state index in [2.05, 4.69) is 5.32 Å². The van der Waals surface area contributed by atoms with Gasteiger partial charge in [0.15, 0.2) is 0 Å². The first-order valence-electron chi connectivity index (χ1n) is 6.61. The Balaban J connectivity index is 4.67. The minimum atomic E-state index is -1.19. The van der Waals surface area contributed by atoms with Crippen molar-refractivity contribution in [3.8, 4) is 0 Å². The highest BCUT2D eigenvalue weighted by Crippen LogP contribution is 2.08. The van der Waals surface area contributed by atoms with E-state index in [1.54, 1.807) is 13.8 Å². The summed E-state index contributed by atoms with van der Waals surface area (Å²) in [4.78, 5) is 34.1. The molecule has 0 aliphatic heterocycles. The van der Waals surface area contributed by atoms with Gasteiger partial charge in [0.25, 0.3) is 0 Å². The molecule has 7 heteroatoms. The predicted molar refractivity (Wildman–Crippen MR) is 72.8 cm³/mol. The monoisotopic (exact) mass is 288 g/mol. The van der Waals surface area contributed by atoms with Crippen molar-refractivity contribution in [2.75, 3.05) is 0 Å². The number of nitrogens with one attached hydrogen (secondary N) is 1. The minimum absolute atomic E-state index is 0.163. The van der Waals surface area contributed by atoms with Crippen LogP contribution in [0.1, 0.15) is 40.5 Å². The SMILES string of the molecule is CC(C)C[C@H](NC(=O)[C@@H](N)CC(=O)O)C(=O)OC(C)C. The summed E-state index contributed by atoms with van der Waals surface area (Å²) in [6.45, 7) is 7.22. The van der Waals surface area contributed by atoms with E-state index in [-0.39, 0.29) is 12.0 Å². The van der Waals surface area contributed by atoms with Crippen LogP contribution in [0.2, 0.25) is 0 Å². The zero-order valence-corrected chi connectivity index (χ0v) is 12.4. The maximum absolute atomic E-state index is 11.9. The molecular formula is C13H24N2O5. The maximum Gasteiger partial charge on any atom is 0.328 e. The molecule has 0 saturated carbocycles. The molecule has 0 aromatic carbocycles. The van der Waals surface area contributed by atoms with Crippen molar-refractivity contribution < 1.29 is 24.2 Å². The fourth-order valence-electron chi connectivity index (χ4n) is 1.56. The van der Waals surface area contributed by atoms with Gasteiger partial charge in [-0.15, -0.1) is 0 Å². The molecule has 2 atom stereocenters. The van der Waals surface area contributed by atoms with Crippen LogP contribution in [0.5, 0.6) is 0 Å². The van der Waals surface area contributed by atoms with E-state index in [0.717, 1.165) is 0 Å². The second-order valence-electron chi connectivity index (χ2n) is 5.38. The summed E-state index contributed by atoms with van der Waals surface area (Å²) in [5.74, 6) is -2.21. The molecule has 0 aromatic heterocycles. The quantitative estimate of drug-likeness (QED) is 0.552. The summed E-state index contributed by atoms with van der Waals surface area (Å²) < 4.78 is 5.06. The number of hydrogen-bond acceptors (Lipinski definition) is 5. The lowest BCUT2D eigenvalue weighted by atomic mass is 10.0. The molecule has 1 amide bonds. The molecule has 20 heavy (non-hydrogen) atoms. The molecule has 0 aromatic rings. The van der Waals surface area contributed by atoms with Crippen molar-refractivity contribution >= 4 is 17.8 Å². The first-order valence-corrected chi connectivity index (χ1v) is 6.61. The van der Waals surface area contributed by atoms with Gasteiger partial charge in [-0.1, -0.05) is 13.8 Å². The van der Waals surface area contributed by atoms with Gasteiger partial charge in [0.05, 0.1) is 18.6 Å². The van der Waals surface area contributed by atoms with E-state index in [0.29, 0.717) is 6.42 Å². The molecule has 0 bridgehead atoms. The Hall–Kier alpha value is -1.63. The fourth-order valence-corrected chi connectivity index (χ4v) is 1.56. The molecule has 0 aliphatic carbocycles. The maximum atomic E-state index is 11.9. The van der Waals surface area contributed by atoms with Gasteiger partial charge in [-0.3, -0.25) is 9.59 Å². The smallest absolute Gasteiger partial charge is 0.328 e. The average Bonchev–Trinajstić information content (AvgIpc) is 2.25. The largest absolute Gasteiger partial charge is 0.481 e. The Morgan fingerprint density at radius 3 is 2.15 bits per heavy atom. The van der Waals surface area contributed by atoms with Gasteiger partial charge < -0.3 is 20.9 Å². The number of hydrogen-bond donors (Lipinski definition) is 3. The Morgan fingerprint density at radius 2 is 1.75 bits per heavy atom. The van der Waals surface area contributed by atoms with Crippen molar-refractivity contribution in [1.29, 1.82) is 0 Å². The zero-order chi connectivity index (χ0) is 15.9. The number of rotatable bonds is 8. The van der Waals surface area contributed by atoms with Crippen molar-refractivity contribution in [3.63, 3.8) is 0 Å². The molecule has 7 nitrogen and oxygen atoms in total. The molecule has 0 fully saturated rings. The molecule has 0 rings (SSSR count). The van der Waals surface area contributed by atoms with E-state index < -0.39 is 36.4 Å². The van der Waals surface area contributed by atoms with Crippen LogP contribution in [-0.4, -0.2) is 41.1 Å². The number of carboxylic acid groups (broad SMARTS) is 1. The molecular weight excluding hydrogens is 264 g/mol. The number of amides is 1. The summed E-state index contributed by atoms with van der Waals surface area (Å²) in [5.41, 5.74) is 5.45. The molecule has 0 radical (unpaired) electrons. The van der Waals surface area contributed by atoms with E-state index in [9.17, 15) is 14.4 Å². The Morgan fingerprint density at radius 1 is 1.20 bits per heavy atom. The molecule has 0 spiro atoms. The van der Waals surface area contributed by atoms with Gasteiger partial charge in [0.2, 0.25) is 5.91 Å². The number of carbonyl (C=O) groups is 3. The van der Waals surface area contributed by atoms with E-state index in [1.165, 1.54) is 0 Å². The van der Waals surface area contributed by atoms with Crippen LogP contribution >= 0.6 is 0 Å². The fraction of sp³-hybridized carbons (Fsp3) is 0.769. The molecule has 0 aliphatic rings. The molecule has 0 saturated heterocycles. The first-order chi connectivity index (χ1) is 9.13. The summed E-state index contributed by atoms with van der Waals surface area (Å²) in [6.07, 6.45) is -0.377. The van der Waals surface area contributed by atoms with Gasteiger partial charge in [0.1, 0.15) is 6.04 Å². The Kier molecular flexibility index (Phi) is 7.83. The number of esters is 1. The first kappa shape index (κ1) is 18.4. The Labute approximate surface area is 118 Å². The second-order valence-corrected chi connectivity index (χ2v) is 5.38. The number of nitrogens with two attached hydrogens (primary N) is 1. The predicted octanol–water partition coefficient (Wildman–Crippen LogP) is 0.271. The van der Waals surface area contributed by atoms with Crippen LogP contribution in [0.15, 0.2) is 0 Å². The highest BCUT2D eigenvalue weighted by Gasteiger charge is 2.27. The third-order valence-corrected chi connectivity index (χ3v) is 2.39. The second kappa shape index (κ2) is 8.52. The highest BCUT2D eigenvalue weighted by atomic mass is 16.5. The molecule has 0 unspecified atom stereocenters. The van der Waals surface area contributed by atoms with Crippen LogP contribution in [0.3, 0.4) is 0 Å². The summed E-state index contributed by atoms with van der Waals surface area (Å²) >= 11 is 0. The summed E-state index contributed by atoms with van der Waals surface area (Å²) in [7, 11) is 0. The number of aliphatic carboxylic acids is 1. The number of carbonyl (C=O) groups excluding carboxylic acids is 2. The lowest BCUT2D eigenvalue weighted by Gasteiger charge is -2.22. The molecule has 0 heterocycles. The molecule has 4 N–H and O–H groups in total. The van der Waals surface area contributed by atoms with Crippen LogP contribution in [0.25, 0.3) is 0 Å². The third kappa shape index (κ3) is 7.73. The zero-order valence-electron chi connectivity index (χ0n) is 12.4. The van der Waals surface area contributed by atoms with Crippen LogP contribution in [0.4, 0.5) is 0 Å². The van der Waals surface area contributed by atoms with E-state index >= 15 is 0 Å². The number of ether oxygens (including phenoxy) is 1. The summed E-state index contributed by atoms with van der Waals surface area (Å²) in [5, 5.41) is 11.0. The van der Waals surface area contributed by atoms with Crippen molar-refractivity contribution in [2.24, 2.45) is 11.7 Å². The summed E-state index contributed by atoms with van der Waals surface area (Å²) in [6, 6.07) is -2.00. The lowest BCUT2D eigenvalue weighted by Crippen LogP contribution is -2.50. The van der Waals surface area contributed by atoms with Gasteiger partial charge >= 0.3 is 11.9 Å². The van der Waals surface area contributed by atoms with Crippen LogP contribution < -0.4 is 11.1 Å². The van der Waals surface area contributed by atoms with Crippen LogP contribution in [0, 0.1) is 5.92 Å². The topological polar surface area (TPSA) is 119 Å². The van der Waals surface area contributed by atoms with Gasteiger partial charge in [-0.25, -0.2) is 4.79 Å². The third-order valence-electron chi connectivity index (χ3n) is 2.39. The minimum Gasteiger partial charge on any atom is -0.481 e. The van der Waals surface area contributed by atoms with Crippen molar-refractivity contribution in [1.82, 2.24) is 5.32 Å². The standard InChI is InChI=1S/C13H24N2O5/c1-7(2)5-10(13(19)20-8(3)4)15-12(18)9(14)6-11(16)17/h7-10H,5-6,14H2,1-4H3,(H,15,18)(H,16,17)/t9-,10-/m0/s1. The highest BCUT2D eigenvalue weighted by molar-refractivity contribution is 5.89.